The van der Waals surface area contributed by atoms with E-state index in [2.05, 4.69) is 12.2 Å². The van der Waals surface area contributed by atoms with E-state index in [0.29, 0.717) is 16.6 Å². The minimum absolute atomic E-state index is 0.236. The second-order valence-corrected chi connectivity index (χ2v) is 5.34. The molecule has 2 aromatic rings. The standard InChI is InChI=1S/C15H17Cl2NO/c1-3-15(11-5-7-13(16)14(17)8-11)18-9-12-6-4-10(2)19-12/h4-8,15,18H,3,9H2,1-2H3. The predicted molar refractivity (Wildman–Crippen MR) is 79.8 cm³/mol. The molecule has 102 valence electrons. The van der Waals surface area contributed by atoms with Crippen LogP contribution in [0.4, 0.5) is 0 Å². The molecule has 1 N–H and O–H groups in total. The fourth-order valence-electron chi connectivity index (χ4n) is 2.03. The molecule has 1 heterocycles. The van der Waals surface area contributed by atoms with E-state index >= 15 is 0 Å². The first-order valence-electron chi connectivity index (χ1n) is 6.33. The van der Waals surface area contributed by atoms with Crippen LogP contribution in [0.3, 0.4) is 0 Å². The zero-order chi connectivity index (χ0) is 13.8. The van der Waals surface area contributed by atoms with Gasteiger partial charge in [0, 0.05) is 6.04 Å². The minimum atomic E-state index is 0.236. The smallest absolute Gasteiger partial charge is 0.117 e. The SMILES string of the molecule is CCC(NCc1ccc(C)o1)c1ccc(Cl)c(Cl)c1. The maximum atomic E-state index is 6.06. The van der Waals surface area contributed by atoms with Gasteiger partial charge in [-0.1, -0.05) is 36.2 Å². The number of hydrogen-bond acceptors (Lipinski definition) is 2. The summed E-state index contributed by atoms with van der Waals surface area (Å²) in [6.07, 6.45) is 0.970. The molecule has 0 fully saturated rings. The van der Waals surface area contributed by atoms with Crippen molar-refractivity contribution in [2.75, 3.05) is 0 Å². The van der Waals surface area contributed by atoms with Gasteiger partial charge in [-0.2, -0.15) is 0 Å². The highest BCUT2D eigenvalue weighted by atomic mass is 35.5. The van der Waals surface area contributed by atoms with Gasteiger partial charge < -0.3 is 9.73 Å². The van der Waals surface area contributed by atoms with Crippen LogP contribution in [-0.4, -0.2) is 0 Å². The average molecular weight is 298 g/mol. The average Bonchev–Trinajstić information content (AvgIpc) is 2.80. The molecule has 0 saturated heterocycles. The van der Waals surface area contributed by atoms with Gasteiger partial charge in [-0.05, 0) is 43.2 Å². The van der Waals surface area contributed by atoms with Crippen molar-refractivity contribution in [3.63, 3.8) is 0 Å². The summed E-state index contributed by atoms with van der Waals surface area (Å²) < 4.78 is 5.55. The van der Waals surface area contributed by atoms with Crippen molar-refractivity contribution in [2.24, 2.45) is 0 Å². The largest absolute Gasteiger partial charge is 0.465 e. The number of hydrogen-bond donors (Lipinski definition) is 1. The first kappa shape index (κ1) is 14.4. The Morgan fingerprint density at radius 1 is 1.16 bits per heavy atom. The molecule has 0 amide bonds. The first-order valence-corrected chi connectivity index (χ1v) is 7.09. The highest BCUT2D eigenvalue weighted by Gasteiger charge is 2.11. The summed E-state index contributed by atoms with van der Waals surface area (Å²) in [5, 5.41) is 4.64. The molecule has 1 aromatic heterocycles. The number of furan rings is 1. The number of nitrogens with one attached hydrogen (secondary N) is 1. The molecule has 4 heteroatoms. The maximum Gasteiger partial charge on any atom is 0.117 e. The monoisotopic (exact) mass is 297 g/mol. The minimum Gasteiger partial charge on any atom is -0.465 e. The molecule has 0 radical (unpaired) electrons. The van der Waals surface area contributed by atoms with E-state index in [0.717, 1.165) is 23.5 Å². The fourth-order valence-corrected chi connectivity index (χ4v) is 2.34. The fraction of sp³-hybridized carbons (Fsp3) is 0.333. The molecule has 1 aromatic carbocycles. The molecule has 1 atom stereocenters. The van der Waals surface area contributed by atoms with Crippen molar-refractivity contribution >= 4 is 23.2 Å². The van der Waals surface area contributed by atoms with Crippen LogP contribution in [0.1, 0.15) is 36.5 Å². The molecule has 0 aliphatic carbocycles. The normalized spacial score (nSPS) is 12.6. The highest BCUT2D eigenvalue weighted by Crippen LogP contribution is 2.27. The lowest BCUT2D eigenvalue weighted by atomic mass is 10.0. The molecule has 0 aliphatic heterocycles. The summed E-state index contributed by atoms with van der Waals surface area (Å²) in [6, 6.07) is 9.95. The Bertz CT molecular complexity index is 551. The number of halogens is 2. The van der Waals surface area contributed by atoms with Gasteiger partial charge in [0.2, 0.25) is 0 Å². The lowest BCUT2D eigenvalue weighted by Crippen LogP contribution is -2.20. The number of benzene rings is 1. The zero-order valence-corrected chi connectivity index (χ0v) is 12.6. The van der Waals surface area contributed by atoms with Gasteiger partial charge >= 0.3 is 0 Å². The molecule has 0 aliphatic rings. The van der Waals surface area contributed by atoms with Crippen molar-refractivity contribution in [3.05, 3.63) is 57.5 Å². The summed E-state index contributed by atoms with van der Waals surface area (Å²) >= 11 is 12.0. The van der Waals surface area contributed by atoms with Crippen molar-refractivity contribution in [2.45, 2.75) is 32.9 Å². The summed E-state index contributed by atoms with van der Waals surface area (Å²) in [5.41, 5.74) is 1.14. The predicted octanol–water partition coefficient (Wildman–Crippen LogP) is 5.14. The van der Waals surface area contributed by atoms with Crippen LogP contribution in [0.25, 0.3) is 0 Å². The summed E-state index contributed by atoms with van der Waals surface area (Å²) in [6.45, 7) is 4.78. The Labute approximate surface area is 123 Å². The van der Waals surface area contributed by atoms with Crippen LogP contribution in [0.5, 0.6) is 0 Å². The highest BCUT2D eigenvalue weighted by molar-refractivity contribution is 6.42. The van der Waals surface area contributed by atoms with E-state index in [1.807, 2.05) is 37.3 Å². The summed E-state index contributed by atoms with van der Waals surface area (Å²) in [5.74, 6) is 1.87. The van der Waals surface area contributed by atoms with Gasteiger partial charge in [-0.15, -0.1) is 0 Å². The van der Waals surface area contributed by atoms with Gasteiger partial charge in [0.05, 0.1) is 16.6 Å². The van der Waals surface area contributed by atoms with Crippen LogP contribution in [0.2, 0.25) is 10.0 Å². The Balaban J connectivity index is 2.05. The molecule has 2 rings (SSSR count). The molecule has 2 nitrogen and oxygen atoms in total. The van der Waals surface area contributed by atoms with Crippen molar-refractivity contribution in [1.29, 1.82) is 0 Å². The molecule has 1 unspecified atom stereocenters. The second kappa shape index (κ2) is 6.47. The quantitative estimate of drug-likeness (QED) is 0.827. The van der Waals surface area contributed by atoms with Crippen LogP contribution in [0.15, 0.2) is 34.7 Å². The van der Waals surface area contributed by atoms with Crippen molar-refractivity contribution < 1.29 is 4.42 Å². The molecule has 19 heavy (non-hydrogen) atoms. The van der Waals surface area contributed by atoms with E-state index in [4.69, 9.17) is 27.6 Å². The van der Waals surface area contributed by atoms with Gasteiger partial charge in [-0.25, -0.2) is 0 Å². The van der Waals surface area contributed by atoms with E-state index in [1.54, 1.807) is 0 Å². The van der Waals surface area contributed by atoms with Crippen molar-refractivity contribution in [3.8, 4) is 0 Å². The van der Waals surface area contributed by atoms with Crippen LogP contribution in [-0.2, 0) is 6.54 Å². The number of aryl methyl sites for hydroxylation is 1. The Morgan fingerprint density at radius 3 is 2.53 bits per heavy atom. The molecule has 0 spiro atoms. The Hall–Kier alpha value is -0.960. The van der Waals surface area contributed by atoms with Crippen LogP contribution < -0.4 is 5.32 Å². The zero-order valence-electron chi connectivity index (χ0n) is 11.0. The van der Waals surface area contributed by atoms with E-state index in [-0.39, 0.29) is 6.04 Å². The summed E-state index contributed by atoms with van der Waals surface area (Å²) in [7, 11) is 0. The van der Waals surface area contributed by atoms with Gasteiger partial charge in [-0.3, -0.25) is 0 Å². The third-order valence-electron chi connectivity index (χ3n) is 3.07. The topological polar surface area (TPSA) is 25.2 Å². The van der Waals surface area contributed by atoms with Crippen molar-refractivity contribution in [1.82, 2.24) is 5.32 Å². The maximum absolute atomic E-state index is 6.06. The molecule has 0 bridgehead atoms. The lowest BCUT2D eigenvalue weighted by molar-refractivity contribution is 0.431. The first-order chi connectivity index (χ1) is 9.10. The van der Waals surface area contributed by atoms with Gasteiger partial charge in [0.1, 0.15) is 11.5 Å². The lowest BCUT2D eigenvalue weighted by Gasteiger charge is -2.17. The van der Waals surface area contributed by atoms with Gasteiger partial charge in [0.15, 0.2) is 0 Å². The Kier molecular flexibility index (Phi) is 4.92. The molecular weight excluding hydrogens is 281 g/mol. The number of rotatable bonds is 5. The summed E-state index contributed by atoms with van der Waals surface area (Å²) in [4.78, 5) is 0. The van der Waals surface area contributed by atoms with E-state index in [1.165, 1.54) is 0 Å². The Morgan fingerprint density at radius 2 is 1.95 bits per heavy atom. The van der Waals surface area contributed by atoms with Gasteiger partial charge in [0.25, 0.3) is 0 Å². The molecule has 0 saturated carbocycles. The third kappa shape index (κ3) is 3.75. The van der Waals surface area contributed by atoms with Crippen LogP contribution >= 0.6 is 23.2 Å². The second-order valence-electron chi connectivity index (χ2n) is 4.53. The van der Waals surface area contributed by atoms with Crippen LogP contribution in [0, 0.1) is 6.92 Å². The van der Waals surface area contributed by atoms with E-state index < -0.39 is 0 Å². The molecular formula is C15H17Cl2NO. The van der Waals surface area contributed by atoms with E-state index in [9.17, 15) is 0 Å². The third-order valence-corrected chi connectivity index (χ3v) is 3.81.